The summed E-state index contributed by atoms with van der Waals surface area (Å²) in [4.78, 5) is 0. The van der Waals surface area contributed by atoms with Crippen molar-refractivity contribution in [2.45, 2.75) is 19.4 Å². The summed E-state index contributed by atoms with van der Waals surface area (Å²) in [5, 5.41) is 3.27. The number of nitrogens with one attached hydrogen (secondary N) is 1. The van der Waals surface area contributed by atoms with Crippen LogP contribution in [0.4, 0.5) is 4.39 Å². The molecule has 2 aromatic rings. The zero-order chi connectivity index (χ0) is 13.7. The minimum Gasteiger partial charge on any atom is -0.496 e. The molecule has 0 spiro atoms. The fourth-order valence-corrected chi connectivity index (χ4v) is 2.19. The summed E-state index contributed by atoms with van der Waals surface area (Å²) in [7, 11) is 1.55. The van der Waals surface area contributed by atoms with Crippen LogP contribution in [0.1, 0.15) is 24.3 Å². The van der Waals surface area contributed by atoms with Crippen LogP contribution >= 0.6 is 0 Å². The van der Waals surface area contributed by atoms with Crippen molar-refractivity contribution < 1.29 is 13.5 Å². The Morgan fingerprint density at radius 3 is 2.79 bits per heavy atom. The zero-order valence-electron chi connectivity index (χ0n) is 11.2. The molecule has 2 rings (SSSR count). The Kier molecular flexibility index (Phi) is 4.58. The second-order valence-electron chi connectivity index (χ2n) is 4.25. The fourth-order valence-electron chi connectivity index (χ4n) is 2.19. The molecular weight excluding hydrogens is 245 g/mol. The van der Waals surface area contributed by atoms with Gasteiger partial charge in [0.25, 0.3) is 0 Å². The van der Waals surface area contributed by atoms with E-state index < -0.39 is 0 Å². The van der Waals surface area contributed by atoms with Crippen LogP contribution in [0.5, 0.6) is 5.75 Å². The highest BCUT2D eigenvalue weighted by atomic mass is 19.1. The number of hydrogen-bond acceptors (Lipinski definition) is 3. The molecular formula is C15H18FNO2. The van der Waals surface area contributed by atoms with Gasteiger partial charge in [-0.1, -0.05) is 13.0 Å². The average molecular weight is 263 g/mol. The van der Waals surface area contributed by atoms with Gasteiger partial charge < -0.3 is 14.5 Å². The van der Waals surface area contributed by atoms with Gasteiger partial charge in [-0.05, 0) is 30.8 Å². The van der Waals surface area contributed by atoms with Crippen LogP contribution in [0.2, 0.25) is 0 Å². The smallest absolute Gasteiger partial charge is 0.131 e. The van der Waals surface area contributed by atoms with Crippen LogP contribution in [0, 0.1) is 5.82 Å². The van der Waals surface area contributed by atoms with Gasteiger partial charge in [0.15, 0.2) is 0 Å². The van der Waals surface area contributed by atoms with Crippen molar-refractivity contribution in [3.63, 3.8) is 0 Å². The van der Waals surface area contributed by atoms with Crippen molar-refractivity contribution in [1.82, 2.24) is 5.32 Å². The van der Waals surface area contributed by atoms with Gasteiger partial charge in [0, 0.05) is 18.0 Å². The molecule has 1 atom stereocenters. The van der Waals surface area contributed by atoms with Crippen LogP contribution in [-0.4, -0.2) is 13.7 Å². The third kappa shape index (κ3) is 3.15. The molecule has 3 nitrogen and oxygen atoms in total. The van der Waals surface area contributed by atoms with Crippen molar-refractivity contribution in [3.8, 4) is 5.75 Å². The predicted octanol–water partition coefficient (Wildman–Crippen LogP) is 3.32. The number of hydrogen-bond donors (Lipinski definition) is 1. The molecule has 0 aliphatic heterocycles. The zero-order valence-corrected chi connectivity index (χ0v) is 11.2. The molecule has 0 amide bonds. The molecule has 0 aliphatic carbocycles. The van der Waals surface area contributed by atoms with Crippen LogP contribution in [-0.2, 0) is 6.42 Å². The number of furan rings is 1. The molecule has 1 N–H and O–H groups in total. The maximum Gasteiger partial charge on any atom is 0.131 e. The van der Waals surface area contributed by atoms with Gasteiger partial charge in [0.05, 0.1) is 13.4 Å². The molecule has 0 saturated carbocycles. The highest BCUT2D eigenvalue weighted by Gasteiger charge is 2.21. The van der Waals surface area contributed by atoms with Gasteiger partial charge in [-0.25, -0.2) is 4.39 Å². The third-order valence-electron chi connectivity index (χ3n) is 3.02. The topological polar surface area (TPSA) is 34.4 Å². The second-order valence-corrected chi connectivity index (χ2v) is 4.25. The minimum atomic E-state index is -0.267. The SMILES string of the molecule is CCNC(Cc1ccco1)c1c(F)cccc1OC. The average Bonchev–Trinajstić information content (AvgIpc) is 2.91. The third-order valence-corrected chi connectivity index (χ3v) is 3.02. The summed E-state index contributed by atoms with van der Waals surface area (Å²) in [6.45, 7) is 2.73. The van der Waals surface area contributed by atoms with Crippen molar-refractivity contribution >= 4 is 0 Å². The Morgan fingerprint density at radius 1 is 1.32 bits per heavy atom. The van der Waals surface area contributed by atoms with E-state index in [9.17, 15) is 4.39 Å². The predicted molar refractivity (Wildman–Crippen MR) is 71.8 cm³/mol. The van der Waals surface area contributed by atoms with E-state index in [-0.39, 0.29) is 11.9 Å². The monoisotopic (exact) mass is 263 g/mol. The van der Waals surface area contributed by atoms with E-state index in [0.29, 0.717) is 17.7 Å². The minimum absolute atomic E-state index is 0.174. The first-order valence-corrected chi connectivity index (χ1v) is 6.34. The lowest BCUT2D eigenvalue weighted by Gasteiger charge is -2.20. The molecule has 4 heteroatoms. The van der Waals surface area contributed by atoms with E-state index in [2.05, 4.69) is 5.32 Å². The Morgan fingerprint density at radius 2 is 2.16 bits per heavy atom. The van der Waals surface area contributed by atoms with Crippen LogP contribution in [0.15, 0.2) is 41.0 Å². The summed E-state index contributed by atoms with van der Waals surface area (Å²) in [5.41, 5.74) is 0.545. The number of likely N-dealkylation sites (N-methyl/N-ethyl adjacent to an activating group) is 1. The van der Waals surface area contributed by atoms with Crippen LogP contribution < -0.4 is 10.1 Å². The summed E-state index contributed by atoms with van der Waals surface area (Å²) >= 11 is 0. The second kappa shape index (κ2) is 6.38. The number of ether oxygens (including phenoxy) is 1. The summed E-state index contributed by atoms with van der Waals surface area (Å²) in [6.07, 6.45) is 2.20. The molecule has 0 aliphatic rings. The van der Waals surface area contributed by atoms with E-state index >= 15 is 0 Å². The van der Waals surface area contributed by atoms with Gasteiger partial charge in [-0.15, -0.1) is 0 Å². The summed E-state index contributed by atoms with van der Waals surface area (Å²) in [6, 6.07) is 8.41. The van der Waals surface area contributed by atoms with Crippen molar-refractivity contribution in [1.29, 1.82) is 0 Å². The normalized spacial score (nSPS) is 12.4. The lowest BCUT2D eigenvalue weighted by atomic mass is 10.0. The van der Waals surface area contributed by atoms with E-state index in [1.165, 1.54) is 6.07 Å². The molecule has 0 radical (unpaired) electrons. The first-order valence-electron chi connectivity index (χ1n) is 6.34. The molecule has 0 fully saturated rings. The van der Waals surface area contributed by atoms with E-state index in [0.717, 1.165) is 12.3 Å². The van der Waals surface area contributed by atoms with E-state index in [1.807, 2.05) is 19.1 Å². The molecule has 0 bridgehead atoms. The Balaban J connectivity index is 2.33. The lowest BCUT2D eigenvalue weighted by molar-refractivity contribution is 0.383. The van der Waals surface area contributed by atoms with Gasteiger partial charge >= 0.3 is 0 Å². The first-order chi connectivity index (χ1) is 9.26. The quantitative estimate of drug-likeness (QED) is 0.868. The number of halogens is 1. The maximum absolute atomic E-state index is 14.1. The molecule has 1 unspecified atom stereocenters. The summed E-state index contributed by atoms with van der Waals surface area (Å²) < 4.78 is 24.7. The lowest BCUT2D eigenvalue weighted by Crippen LogP contribution is -2.24. The molecule has 1 heterocycles. The molecule has 19 heavy (non-hydrogen) atoms. The van der Waals surface area contributed by atoms with Gasteiger partial charge in [0.1, 0.15) is 17.3 Å². The Labute approximate surface area is 112 Å². The molecule has 102 valence electrons. The molecule has 0 saturated heterocycles. The number of rotatable bonds is 6. The molecule has 1 aromatic carbocycles. The Hall–Kier alpha value is -1.81. The van der Waals surface area contributed by atoms with Gasteiger partial charge in [0.2, 0.25) is 0 Å². The van der Waals surface area contributed by atoms with E-state index in [4.69, 9.17) is 9.15 Å². The standard InChI is InChI=1S/C15H18FNO2/c1-3-17-13(10-11-6-5-9-19-11)15-12(16)7-4-8-14(15)18-2/h4-9,13,17H,3,10H2,1-2H3. The van der Waals surface area contributed by atoms with Crippen LogP contribution in [0.3, 0.4) is 0 Å². The van der Waals surface area contributed by atoms with E-state index in [1.54, 1.807) is 25.5 Å². The number of benzene rings is 1. The first kappa shape index (κ1) is 13.6. The van der Waals surface area contributed by atoms with Crippen LogP contribution in [0.25, 0.3) is 0 Å². The maximum atomic E-state index is 14.1. The van der Waals surface area contributed by atoms with Crippen molar-refractivity contribution in [2.24, 2.45) is 0 Å². The fraction of sp³-hybridized carbons (Fsp3) is 0.333. The highest BCUT2D eigenvalue weighted by molar-refractivity contribution is 5.37. The highest BCUT2D eigenvalue weighted by Crippen LogP contribution is 2.30. The summed E-state index contributed by atoms with van der Waals surface area (Å²) in [5.74, 6) is 1.10. The van der Waals surface area contributed by atoms with Gasteiger partial charge in [-0.3, -0.25) is 0 Å². The van der Waals surface area contributed by atoms with Gasteiger partial charge in [-0.2, -0.15) is 0 Å². The van der Waals surface area contributed by atoms with Crippen molar-refractivity contribution in [3.05, 3.63) is 53.7 Å². The largest absolute Gasteiger partial charge is 0.496 e. The molecule has 1 aromatic heterocycles. The Bertz CT molecular complexity index is 511. The van der Waals surface area contributed by atoms with Crippen molar-refractivity contribution in [2.75, 3.05) is 13.7 Å². The number of methoxy groups -OCH3 is 1.